The zero-order valence-electron chi connectivity index (χ0n) is 18.4. The second-order valence-electron chi connectivity index (χ2n) is 8.93. The first-order valence-electron chi connectivity index (χ1n) is 11.5. The molecule has 3 heterocycles. The number of hydrogen-bond donors (Lipinski definition) is 2. The zero-order valence-corrected chi connectivity index (χ0v) is 18.4. The Morgan fingerprint density at radius 3 is 2.45 bits per heavy atom. The first-order chi connectivity index (χ1) is 16.2. The number of imidazole rings is 1. The lowest BCUT2D eigenvalue weighted by Crippen LogP contribution is -2.26. The lowest BCUT2D eigenvalue weighted by Gasteiger charge is -2.25. The Kier molecular flexibility index (Phi) is 4.80. The van der Waals surface area contributed by atoms with Crippen molar-refractivity contribution in [3.8, 4) is 22.5 Å². The van der Waals surface area contributed by atoms with Gasteiger partial charge >= 0.3 is 0 Å². The summed E-state index contributed by atoms with van der Waals surface area (Å²) in [5.41, 5.74) is 18.2. The normalized spacial score (nSPS) is 18.7. The summed E-state index contributed by atoms with van der Waals surface area (Å²) >= 11 is 0. The highest BCUT2D eigenvalue weighted by molar-refractivity contribution is 5.91. The summed E-state index contributed by atoms with van der Waals surface area (Å²) in [4.78, 5) is 14.4. The summed E-state index contributed by atoms with van der Waals surface area (Å²) in [5, 5.41) is 1.09. The van der Waals surface area contributed by atoms with Crippen LogP contribution in [0.25, 0.3) is 38.9 Å². The van der Waals surface area contributed by atoms with E-state index in [9.17, 15) is 0 Å². The van der Waals surface area contributed by atoms with Gasteiger partial charge in [-0.3, -0.25) is 4.40 Å². The van der Waals surface area contributed by atoms with E-state index >= 15 is 0 Å². The van der Waals surface area contributed by atoms with Crippen molar-refractivity contribution in [2.45, 2.75) is 37.6 Å². The zero-order chi connectivity index (χ0) is 22.4. The molecule has 6 heteroatoms. The van der Waals surface area contributed by atoms with Crippen LogP contribution in [0.15, 0.2) is 73.1 Å². The maximum atomic E-state index is 6.36. The van der Waals surface area contributed by atoms with Gasteiger partial charge in [-0.15, -0.1) is 0 Å². The molecule has 0 atom stereocenters. The number of pyridine rings is 1. The minimum absolute atomic E-state index is 0.295. The number of nitrogens with two attached hydrogens (primary N) is 2. The van der Waals surface area contributed by atoms with E-state index in [1.165, 1.54) is 0 Å². The summed E-state index contributed by atoms with van der Waals surface area (Å²) in [7, 11) is 0. The summed E-state index contributed by atoms with van der Waals surface area (Å²) in [6.07, 6.45) is 7.86. The Hall–Kier alpha value is -3.77. The smallest absolute Gasteiger partial charge is 0.150 e. The molecule has 164 valence electrons. The van der Waals surface area contributed by atoms with Gasteiger partial charge in [0.15, 0.2) is 0 Å². The van der Waals surface area contributed by atoms with Crippen LogP contribution in [-0.2, 0) is 0 Å². The van der Waals surface area contributed by atoms with Gasteiger partial charge in [-0.05, 0) is 37.8 Å². The van der Waals surface area contributed by atoms with Crippen molar-refractivity contribution in [3.63, 3.8) is 0 Å². The third-order valence-electron chi connectivity index (χ3n) is 6.78. The molecule has 0 saturated heterocycles. The van der Waals surface area contributed by atoms with Crippen molar-refractivity contribution in [3.05, 3.63) is 78.9 Å². The highest BCUT2D eigenvalue weighted by atomic mass is 15.1. The van der Waals surface area contributed by atoms with Gasteiger partial charge in [-0.1, -0.05) is 48.5 Å². The lowest BCUT2D eigenvalue weighted by atomic mass is 9.86. The van der Waals surface area contributed by atoms with E-state index in [0.29, 0.717) is 17.8 Å². The van der Waals surface area contributed by atoms with Crippen LogP contribution in [0.2, 0.25) is 0 Å². The molecule has 1 saturated carbocycles. The topological polar surface area (TPSA) is 95.1 Å². The molecule has 0 aliphatic heterocycles. The molecular weight excluding hydrogens is 408 g/mol. The predicted molar refractivity (Wildman–Crippen MR) is 133 cm³/mol. The van der Waals surface area contributed by atoms with Gasteiger partial charge in [0.2, 0.25) is 0 Å². The van der Waals surface area contributed by atoms with Crippen molar-refractivity contribution in [1.82, 2.24) is 19.4 Å². The Balaban J connectivity index is 1.49. The van der Waals surface area contributed by atoms with Gasteiger partial charge < -0.3 is 11.5 Å². The second-order valence-corrected chi connectivity index (χ2v) is 8.93. The standard InChI is InChI=1S/C27H26N6/c28-21-11-8-19(9-12-21)27-32-24(25-26(29)30-14-15-33(25)27)20-7-6-18-10-13-22(31-23(18)16-20)17-4-2-1-3-5-17/h1-7,10,13-16,19,21H,8-9,11-12,28H2,(H2,29,30). The number of hydrogen-bond acceptors (Lipinski definition) is 5. The molecule has 1 fully saturated rings. The highest BCUT2D eigenvalue weighted by Gasteiger charge is 2.26. The van der Waals surface area contributed by atoms with E-state index < -0.39 is 0 Å². The van der Waals surface area contributed by atoms with Crippen molar-refractivity contribution < 1.29 is 0 Å². The molecule has 6 rings (SSSR count). The van der Waals surface area contributed by atoms with E-state index in [1.54, 1.807) is 6.20 Å². The van der Waals surface area contributed by atoms with Crippen molar-refractivity contribution in [1.29, 1.82) is 0 Å². The molecule has 4 N–H and O–H groups in total. The van der Waals surface area contributed by atoms with E-state index in [-0.39, 0.29) is 0 Å². The molecule has 0 spiro atoms. The van der Waals surface area contributed by atoms with Crippen LogP contribution in [0, 0.1) is 0 Å². The van der Waals surface area contributed by atoms with E-state index in [0.717, 1.165) is 70.4 Å². The molecule has 2 aromatic carbocycles. The lowest BCUT2D eigenvalue weighted by molar-refractivity contribution is 0.384. The number of benzene rings is 2. The highest BCUT2D eigenvalue weighted by Crippen LogP contribution is 2.37. The Labute approximate surface area is 192 Å². The quantitative estimate of drug-likeness (QED) is 0.408. The summed E-state index contributed by atoms with van der Waals surface area (Å²) in [6.45, 7) is 0. The van der Waals surface area contributed by atoms with E-state index in [1.807, 2.05) is 24.4 Å². The average molecular weight is 435 g/mol. The third-order valence-corrected chi connectivity index (χ3v) is 6.78. The summed E-state index contributed by atoms with van der Waals surface area (Å²) in [5.74, 6) is 1.91. The Bertz CT molecular complexity index is 1450. The van der Waals surface area contributed by atoms with Crippen LogP contribution in [0.1, 0.15) is 37.4 Å². The first kappa shape index (κ1) is 19.9. The second kappa shape index (κ2) is 7.98. The third kappa shape index (κ3) is 3.52. The van der Waals surface area contributed by atoms with Crippen molar-refractivity contribution >= 4 is 22.2 Å². The summed E-state index contributed by atoms with van der Waals surface area (Å²) in [6, 6.07) is 21.0. The molecule has 0 unspecified atom stereocenters. The molecule has 0 amide bonds. The van der Waals surface area contributed by atoms with Gasteiger partial charge in [-0.2, -0.15) is 0 Å². The molecule has 6 nitrogen and oxygen atoms in total. The molecule has 0 bridgehead atoms. The van der Waals surface area contributed by atoms with E-state index in [4.69, 9.17) is 21.4 Å². The fraction of sp³-hybridized carbons (Fsp3) is 0.222. The minimum Gasteiger partial charge on any atom is -0.382 e. The van der Waals surface area contributed by atoms with Crippen LogP contribution >= 0.6 is 0 Å². The monoisotopic (exact) mass is 434 g/mol. The first-order valence-corrected chi connectivity index (χ1v) is 11.5. The van der Waals surface area contributed by atoms with Crippen molar-refractivity contribution in [2.75, 3.05) is 5.73 Å². The van der Waals surface area contributed by atoms with Crippen LogP contribution in [0.4, 0.5) is 5.82 Å². The Morgan fingerprint density at radius 2 is 1.64 bits per heavy atom. The molecule has 3 aromatic heterocycles. The molecule has 5 aromatic rings. The van der Waals surface area contributed by atoms with E-state index in [2.05, 4.69) is 51.8 Å². The number of aromatic nitrogens is 4. The van der Waals surface area contributed by atoms with Gasteiger partial charge in [-0.25, -0.2) is 15.0 Å². The molecule has 0 radical (unpaired) electrons. The number of nitrogens with zero attached hydrogens (tertiary/aromatic N) is 4. The minimum atomic E-state index is 0.295. The number of nitrogen functional groups attached to an aromatic ring is 1. The van der Waals surface area contributed by atoms with Crippen LogP contribution in [-0.4, -0.2) is 25.4 Å². The van der Waals surface area contributed by atoms with Gasteiger partial charge in [0.1, 0.15) is 22.9 Å². The fourth-order valence-electron chi connectivity index (χ4n) is 4.99. The van der Waals surface area contributed by atoms with Crippen LogP contribution in [0.3, 0.4) is 0 Å². The molecule has 33 heavy (non-hydrogen) atoms. The average Bonchev–Trinajstić information content (AvgIpc) is 3.25. The largest absolute Gasteiger partial charge is 0.382 e. The van der Waals surface area contributed by atoms with Crippen LogP contribution < -0.4 is 11.5 Å². The molecule has 1 aliphatic carbocycles. The number of fused-ring (bicyclic) bond motifs is 2. The maximum absolute atomic E-state index is 6.36. The number of rotatable bonds is 3. The summed E-state index contributed by atoms with van der Waals surface area (Å²) < 4.78 is 2.12. The van der Waals surface area contributed by atoms with Gasteiger partial charge in [0, 0.05) is 40.9 Å². The Morgan fingerprint density at radius 1 is 0.848 bits per heavy atom. The molecular formula is C27H26N6. The molecule has 1 aliphatic rings. The predicted octanol–water partition coefficient (Wildman–Crippen LogP) is 5.18. The van der Waals surface area contributed by atoms with Crippen molar-refractivity contribution in [2.24, 2.45) is 5.73 Å². The fourth-order valence-corrected chi connectivity index (χ4v) is 4.99. The van der Waals surface area contributed by atoms with Crippen LogP contribution in [0.5, 0.6) is 0 Å². The number of anilines is 1. The SMILES string of the molecule is Nc1nccn2c(C3CCC(N)CC3)nc(-c3ccc4ccc(-c5ccccc5)nc4c3)c12. The van der Waals surface area contributed by atoms with Gasteiger partial charge in [0.05, 0.1) is 11.2 Å². The van der Waals surface area contributed by atoms with Gasteiger partial charge in [0.25, 0.3) is 0 Å². The maximum Gasteiger partial charge on any atom is 0.150 e.